The molecule has 0 saturated carbocycles. The van der Waals surface area contributed by atoms with Crippen molar-refractivity contribution in [3.8, 4) is 0 Å². The summed E-state index contributed by atoms with van der Waals surface area (Å²) in [6, 6.07) is 11.2. The van der Waals surface area contributed by atoms with Crippen molar-refractivity contribution in [1.29, 1.82) is 0 Å². The van der Waals surface area contributed by atoms with Gasteiger partial charge in [0.2, 0.25) is 0 Å². The van der Waals surface area contributed by atoms with Gasteiger partial charge in [-0.25, -0.2) is 8.42 Å². The van der Waals surface area contributed by atoms with E-state index in [0.717, 1.165) is 18.7 Å². The molecule has 4 nitrogen and oxygen atoms in total. The SMILES string of the molecule is CCCNc1ccc(NS(=O)(=O)c2ccc(Cl)c(Cl)c2)cc1. The normalized spacial score (nSPS) is 11.2. The lowest BCUT2D eigenvalue weighted by Crippen LogP contribution is -2.13. The molecule has 0 aromatic heterocycles. The topological polar surface area (TPSA) is 58.2 Å². The first-order valence-electron chi connectivity index (χ1n) is 6.74. The minimum absolute atomic E-state index is 0.0649. The molecule has 2 aromatic rings. The van der Waals surface area contributed by atoms with Gasteiger partial charge in [0.15, 0.2) is 0 Å². The van der Waals surface area contributed by atoms with Gasteiger partial charge in [-0.05, 0) is 48.9 Å². The highest BCUT2D eigenvalue weighted by molar-refractivity contribution is 7.92. The summed E-state index contributed by atoms with van der Waals surface area (Å²) in [4.78, 5) is 0.0649. The molecular formula is C15H16Cl2N2O2S. The van der Waals surface area contributed by atoms with Gasteiger partial charge in [0.25, 0.3) is 10.0 Å². The highest BCUT2D eigenvalue weighted by atomic mass is 35.5. The van der Waals surface area contributed by atoms with Crippen LogP contribution >= 0.6 is 23.2 Å². The van der Waals surface area contributed by atoms with Crippen molar-refractivity contribution in [3.63, 3.8) is 0 Å². The third-order valence-electron chi connectivity index (χ3n) is 2.92. The van der Waals surface area contributed by atoms with Crippen LogP contribution in [-0.4, -0.2) is 15.0 Å². The lowest BCUT2D eigenvalue weighted by atomic mass is 10.3. The summed E-state index contributed by atoms with van der Waals surface area (Å²) < 4.78 is 27.1. The summed E-state index contributed by atoms with van der Waals surface area (Å²) >= 11 is 11.7. The van der Waals surface area contributed by atoms with Gasteiger partial charge in [-0.15, -0.1) is 0 Å². The van der Waals surface area contributed by atoms with Crippen LogP contribution in [0.25, 0.3) is 0 Å². The van der Waals surface area contributed by atoms with E-state index in [1.54, 1.807) is 12.1 Å². The lowest BCUT2D eigenvalue weighted by molar-refractivity contribution is 0.601. The van der Waals surface area contributed by atoms with Crippen LogP contribution in [0.5, 0.6) is 0 Å². The Bertz CT molecular complexity index is 747. The zero-order valence-electron chi connectivity index (χ0n) is 11.9. The molecule has 0 atom stereocenters. The van der Waals surface area contributed by atoms with Gasteiger partial charge in [-0.3, -0.25) is 4.72 Å². The van der Waals surface area contributed by atoms with Gasteiger partial charge in [0, 0.05) is 17.9 Å². The summed E-state index contributed by atoms with van der Waals surface area (Å²) in [7, 11) is -3.70. The van der Waals surface area contributed by atoms with Gasteiger partial charge in [-0.2, -0.15) is 0 Å². The Morgan fingerprint density at radius 3 is 2.18 bits per heavy atom. The second-order valence-electron chi connectivity index (χ2n) is 4.69. The highest BCUT2D eigenvalue weighted by Crippen LogP contribution is 2.26. The van der Waals surface area contributed by atoms with E-state index in [1.807, 2.05) is 12.1 Å². The molecule has 0 aliphatic rings. The van der Waals surface area contributed by atoms with E-state index in [2.05, 4.69) is 17.0 Å². The molecule has 0 aliphatic heterocycles. The van der Waals surface area contributed by atoms with Crippen LogP contribution in [0.3, 0.4) is 0 Å². The molecule has 0 unspecified atom stereocenters. The minimum Gasteiger partial charge on any atom is -0.385 e. The number of rotatable bonds is 6. The van der Waals surface area contributed by atoms with Crippen molar-refractivity contribution in [2.24, 2.45) is 0 Å². The summed E-state index contributed by atoms with van der Waals surface area (Å²) in [6.07, 6.45) is 1.02. The Morgan fingerprint density at radius 1 is 0.955 bits per heavy atom. The molecular weight excluding hydrogens is 343 g/mol. The molecule has 22 heavy (non-hydrogen) atoms. The van der Waals surface area contributed by atoms with Crippen molar-refractivity contribution in [1.82, 2.24) is 0 Å². The fraction of sp³-hybridized carbons (Fsp3) is 0.200. The average Bonchev–Trinajstić information content (AvgIpc) is 2.49. The van der Waals surface area contributed by atoms with Crippen molar-refractivity contribution >= 4 is 44.6 Å². The second-order valence-corrected chi connectivity index (χ2v) is 7.18. The van der Waals surface area contributed by atoms with Gasteiger partial charge in [-0.1, -0.05) is 30.1 Å². The van der Waals surface area contributed by atoms with Crippen LogP contribution in [0.2, 0.25) is 10.0 Å². The lowest BCUT2D eigenvalue weighted by Gasteiger charge is -2.10. The smallest absolute Gasteiger partial charge is 0.261 e. The van der Waals surface area contributed by atoms with Crippen LogP contribution in [0, 0.1) is 0 Å². The summed E-state index contributed by atoms with van der Waals surface area (Å²) in [6.45, 7) is 2.95. The zero-order valence-corrected chi connectivity index (χ0v) is 14.3. The molecule has 0 heterocycles. The quantitative estimate of drug-likeness (QED) is 0.792. The molecule has 0 radical (unpaired) electrons. The summed E-state index contributed by atoms with van der Waals surface area (Å²) in [5, 5.41) is 3.73. The maximum atomic E-state index is 12.3. The minimum atomic E-state index is -3.70. The predicted molar refractivity (Wildman–Crippen MR) is 92.5 cm³/mol. The number of hydrogen-bond donors (Lipinski definition) is 2. The molecule has 0 bridgehead atoms. The molecule has 0 saturated heterocycles. The fourth-order valence-electron chi connectivity index (χ4n) is 1.78. The fourth-order valence-corrected chi connectivity index (χ4v) is 3.23. The van der Waals surface area contributed by atoms with Gasteiger partial charge in [0.1, 0.15) is 0 Å². The number of sulfonamides is 1. The number of hydrogen-bond acceptors (Lipinski definition) is 3. The van der Waals surface area contributed by atoms with Crippen molar-refractivity contribution < 1.29 is 8.42 Å². The molecule has 2 N–H and O–H groups in total. The van der Waals surface area contributed by atoms with Crippen LogP contribution in [0.1, 0.15) is 13.3 Å². The molecule has 0 fully saturated rings. The van der Waals surface area contributed by atoms with E-state index in [0.29, 0.717) is 10.7 Å². The Hall–Kier alpha value is -1.43. The van der Waals surface area contributed by atoms with Gasteiger partial charge >= 0.3 is 0 Å². The van der Waals surface area contributed by atoms with E-state index < -0.39 is 10.0 Å². The Morgan fingerprint density at radius 2 is 1.59 bits per heavy atom. The van der Waals surface area contributed by atoms with Crippen LogP contribution < -0.4 is 10.0 Å². The first kappa shape index (κ1) is 16.9. The molecule has 2 rings (SSSR count). The Balaban J connectivity index is 2.16. The number of anilines is 2. The zero-order chi connectivity index (χ0) is 16.2. The maximum absolute atomic E-state index is 12.3. The Labute approximate surface area is 140 Å². The van der Waals surface area contributed by atoms with Crippen molar-refractivity contribution in [3.05, 3.63) is 52.5 Å². The molecule has 0 amide bonds. The van der Waals surface area contributed by atoms with E-state index in [4.69, 9.17) is 23.2 Å². The first-order valence-corrected chi connectivity index (χ1v) is 8.98. The van der Waals surface area contributed by atoms with Gasteiger partial charge in [0.05, 0.1) is 14.9 Å². The predicted octanol–water partition coefficient (Wildman–Crippen LogP) is 4.62. The molecule has 2 aromatic carbocycles. The van der Waals surface area contributed by atoms with Crippen molar-refractivity contribution in [2.45, 2.75) is 18.2 Å². The van der Waals surface area contributed by atoms with Crippen LogP contribution in [0.15, 0.2) is 47.4 Å². The molecule has 0 aliphatic carbocycles. The van der Waals surface area contributed by atoms with E-state index in [9.17, 15) is 8.42 Å². The average molecular weight is 359 g/mol. The largest absolute Gasteiger partial charge is 0.385 e. The van der Waals surface area contributed by atoms with Crippen LogP contribution in [0.4, 0.5) is 11.4 Å². The second kappa shape index (κ2) is 7.22. The number of nitrogens with one attached hydrogen (secondary N) is 2. The van der Waals surface area contributed by atoms with E-state index >= 15 is 0 Å². The van der Waals surface area contributed by atoms with Gasteiger partial charge < -0.3 is 5.32 Å². The monoisotopic (exact) mass is 358 g/mol. The maximum Gasteiger partial charge on any atom is 0.261 e. The standard InChI is InChI=1S/C15H16Cl2N2O2S/c1-2-9-18-11-3-5-12(6-4-11)19-22(20,21)13-7-8-14(16)15(17)10-13/h3-8,10,18-19H,2,9H2,1H3. The molecule has 7 heteroatoms. The summed E-state index contributed by atoms with van der Waals surface area (Å²) in [5.41, 5.74) is 1.42. The third-order valence-corrected chi connectivity index (χ3v) is 5.04. The van der Waals surface area contributed by atoms with E-state index in [-0.39, 0.29) is 9.92 Å². The number of halogens is 2. The first-order chi connectivity index (χ1) is 10.4. The summed E-state index contributed by atoms with van der Waals surface area (Å²) in [5.74, 6) is 0. The Kier molecular flexibility index (Phi) is 5.56. The molecule has 0 spiro atoms. The van der Waals surface area contributed by atoms with Crippen molar-refractivity contribution in [2.75, 3.05) is 16.6 Å². The molecule has 118 valence electrons. The highest BCUT2D eigenvalue weighted by Gasteiger charge is 2.15. The van der Waals surface area contributed by atoms with Crippen LogP contribution in [-0.2, 0) is 10.0 Å². The third kappa shape index (κ3) is 4.29. The van der Waals surface area contributed by atoms with E-state index in [1.165, 1.54) is 18.2 Å². The number of benzene rings is 2.